The van der Waals surface area contributed by atoms with Crippen molar-refractivity contribution in [2.45, 2.75) is 12.5 Å². The van der Waals surface area contributed by atoms with Crippen LogP contribution < -0.4 is 4.74 Å². The average molecular weight is 333 g/mol. The standard InChI is InChI=1S/C14H14F3NO5/c1-21-13(20)11-8-18(6-7-22-11)12(19)9-4-2-3-5-10(9)23-14(15,16)17/h2-5,11H,6-8H2,1H3. The van der Waals surface area contributed by atoms with Crippen molar-refractivity contribution in [1.29, 1.82) is 0 Å². The average Bonchev–Trinajstić information content (AvgIpc) is 2.52. The molecule has 1 atom stereocenters. The van der Waals surface area contributed by atoms with Gasteiger partial charge in [-0.2, -0.15) is 0 Å². The molecule has 0 saturated carbocycles. The Morgan fingerprint density at radius 2 is 2.00 bits per heavy atom. The van der Waals surface area contributed by atoms with Gasteiger partial charge in [0.15, 0.2) is 6.10 Å². The highest BCUT2D eigenvalue weighted by Gasteiger charge is 2.35. The lowest BCUT2D eigenvalue weighted by Gasteiger charge is -2.31. The van der Waals surface area contributed by atoms with E-state index in [-0.39, 0.29) is 25.3 Å². The van der Waals surface area contributed by atoms with Crippen LogP contribution in [0.2, 0.25) is 0 Å². The number of alkyl halides is 3. The van der Waals surface area contributed by atoms with Crippen LogP contribution in [0.15, 0.2) is 24.3 Å². The van der Waals surface area contributed by atoms with Crippen LogP contribution >= 0.6 is 0 Å². The molecular formula is C14H14F3NO5. The lowest BCUT2D eigenvalue weighted by Crippen LogP contribution is -2.49. The van der Waals surface area contributed by atoms with Crippen LogP contribution in [0.1, 0.15) is 10.4 Å². The summed E-state index contributed by atoms with van der Waals surface area (Å²) < 4.78 is 50.8. The normalized spacial score (nSPS) is 18.4. The molecule has 1 amide bonds. The third-order valence-electron chi connectivity index (χ3n) is 3.16. The summed E-state index contributed by atoms with van der Waals surface area (Å²) in [5.74, 6) is -1.92. The number of nitrogens with zero attached hydrogens (tertiary/aromatic N) is 1. The lowest BCUT2D eigenvalue weighted by molar-refractivity contribution is -0.274. The minimum atomic E-state index is -4.91. The van der Waals surface area contributed by atoms with Gasteiger partial charge in [-0.15, -0.1) is 13.2 Å². The van der Waals surface area contributed by atoms with Crippen LogP contribution in [-0.2, 0) is 14.3 Å². The van der Waals surface area contributed by atoms with E-state index in [0.29, 0.717) is 0 Å². The van der Waals surface area contributed by atoms with Gasteiger partial charge in [0.2, 0.25) is 0 Å². The first-order valence-corrected chi connectivity index (χ1v) is 6.65. The zero-order valence-corrected chi connectivity index (χ0v) is 12.1. The summed E-state index contributed by atoms with van der Waals surface area (Å²) in [7, 11) is 1.18. The van der Waals surface area contributed by atoms with E-state index in [1.165, 1.54) is 30.2 Å². The van der Waals surface area contributed by atoms with Crippen molar-refractivity contribution >= 4 is 11.9 Å². The number of methoxy groups -OCH3 is 1. The van der Waals surface area contributed by atoms with Gasteiger partial charge >= 0.3 is 12.3 Å². The van der Waals surface area contributed by atoms with E-state index in [2.05, 4.69) is 9.47 Å². The van der Waals surface area contributed by atoms with E-state index in [1.807, 2.05) is 0 Å². The second-order valence-corrected chi connectivity index (χ2v) is 4.68. The highest BCUT2D eigenvalue weighted by molar-refractivity contribution is 5.97. The molecule has 9 heteroatoms. The molecule has 1 aromatic carbocycles. The summed E-state index contributed by atoms with van der Waals surface area (Å²) in [5.41, 5.74) is -0.240. The highest BCUT2D eigenvalue weighted by atomic mass is 19.4. The molecule has 6 nitrogen and oxygen atoms in total. The van der Waals surface area contributed by atoms with Crippen molar-refractivity contribution < 1.29 is 37.0 Å². The third-order valence-corrected chi connectivity index (χ3v) is 3.16. The second-order valence-electron chi connectivity index (χ2n) is 4.68. The number of halogens is 3. The highest BCUT2D eigenvalue weighted by Crippen LogP contribution is 2.27. The van der Waals surface area contributed by atoms with Crippen LogP contribution in [0, 0.1) is 0 Å². The fourth-order valence-electron chi connectivity index (χ4n) is 2.14. The van der Waals surface area contributed by atoms with Gasteiger partial charge in [0.05, 0.1) is 25.8 Å². The molecule has 1 aliphatic rings. The Morgan fingerprint density at radius 3 is 2.65 bits per heavy atom. The van der Waals surface area contributed by atoms with Gasteiger partial charge in [-0.25, -0.2) is 4.79 Å². The molecule has 1 aromatic rings. The molecule has 1 saturated heterocycles. The summed E-state index contributed by atoms with van der Waals surface area (Å²) in [6.45, 7) is 0.117. The molecule has 0 aromatic heterocycles. The summed E-state index contributed by atoms with van der Waals surface area (Å²) in [5, 5.41) is 0. The third kappa shape index (κ3) is 4.35. The Kier molecular flexibility index (Phi) is 5.09. The number of ether oxygens (including phenoxy) is 3. The zero-order chi connectivity index (χ0) is 17.0. The van der Waals surface area contributed by atoms with Crippen LogP contribution in [0.5, 0.6) is 5.75 Å². The van der Waals surface area contributed by atoms with Gasteiger partial charge in [-0.1, -0.05) is 12.1 Å². The van der Waals surface area contributed by atoms with Crippen molar-refractivity contribution in [2.75, 3.05) is 26.8 Å². The number of hydrogen-bond acceptors (Lipinski definition) is 5. The van der Waals surface area contributed by atoms with Crippen molar-refractivity contribution in [1.82, 2.24) is 4.90 Å². The Balaban J connectivity index is 2.18. The Morgan fingerprint density at radius 1 is 1.30 bits per heavy atom. The number of benzene rings is 1. The van der Waals surface area contributed by atoms with Crippen LogP contribution in [-0.4, -0.2) is 56.0 Å². The van der Waals surface area contributed by atoms with Gasteiger partial charge in [0.1, 0.15) is 5.75 Å². The minimum absolute atomic E-state index is 0.0772. The monoisotopic (exact) mass is 333 g/mol. The Labute approximate surface area is 129 Å². The predicted octanol–water partition coefficient (Wildman–Crippen LogP) is 1.60. The van der Waals surface area contributed by atoms with Gasteiger partial charge in [0, 0.05) is 6.54 Å². The van der Waals surface area contributed by atoms with Gasteiger partial charge in [0.25, 0.3) is 5.91 Å². The van der Waals surface area contributed by atoms with Crippen LogP contribution in [0.4, 0.5) is 13.2 Å². The minimum Gasteiger partial charge on any atom is -0.467 e. The number of carbonyl (C=O) groups excluding carboxylic acids is 2. The number of hydrogen-bond donors (Lipinski definition) is 0. The molecule has 1 heterocycles. The number of morpholine rings is 1. The van der Waals surface area contributed by atoms with E-state index in [9.17, 15) is 22.8 Å². The summed E-state index contributed by atoms with van der Waals surface area (Å²) in [6.07, 6.45) is -5.87. The maximum absolute atomic E-state index is 12.4. The lowest BCUT2D eigenvalue weighted by atomic mass is 10.1. The molecule has 23 heavy (non-hydrogen) atoms. The molecule has 0 N–H and O–H groups in total. The maximum atomic E-state index is 12.4. The van der Waals surface area contributed by atoms with Crippen molar-refractivity contribution in [2.24, 2.45) is 0 Å². The molecule has 1 fully saturated rings. The number of rotatable bonds is 3. The van der Waals surface area contributed by atoms with E-state index in [4.69, 9.17) is 4.74 Å². The largest absolute Gasteiger partial charge is 0.573 e. The van der Waals surface area contributed by atoms with Crippen LogP contribution in [0.3, 0.4) is 0 Å². The first kappa shape index (κ1) is 17.1. The van der Waals surface area contributed by atoms with Gasteiger partial charge in [-0.3, -0.25) is 4.79 Å². The molecular weight excluding hydrogens is 319 g/mol. The van der Waals surface area contributed by atoms with Crippen molar-refractivity contribution in [3.63, 3.8) is 0 Å². The number of para-hydroxylation sites is 1. The topological polar surface area (TPSA) is 65.1 Å². The smallest absolute Gasteiger partial charge is 0.467 e. The number of carbonyl (C=O) groups is 2. The molecule has 126 valence electrons. The van der Waals surface area contributed by atoms with E-state index in [0.717, 1.165) is 6.07 Å². The summed E-state index contributed by atoms with van der Waals surface area (Å²) in [6, 6.07) is 5.04. The molecule has 0 spiro atoms. The molecule has 0 radical (unpaired) electrons. The quantitative estimate of drug-likeness (QED) is 0.786. The second kappa shape index (κ2) is 6.86. The SMILES string of the molecule is COC(=O)C1CN(C(=O)c2ccccc2OC(F)(F)F)CCO1. The Hall–Kier alpha value is -2.29. The first-order chi connectivity index (χ1) is 10.8. The van der Waals surface area contributed by atoms with E-state index >= 15 is 0 Å². The zero-order valence-electron chi connectivity index (χ0n) is 12.1. The Bertz CT molecular complexity index is 590. The number of esters is 1. The molecule has 0 bridgehead atoms. The predicted molar refractivity (Wildman–Crippen MR) is 70.8 cm³/mol. The number of amides is 1. The fourth-order valence-corrected chi connectivity index (χ4v) is 2.14. The molecule has 0 aliphatic carbocycles. The fraction of sp³-hybridized carbons (Fsp3) is 0.429. The summed E-state index contributed by atoms with van der Waals surface area (Å²) >= 11 is 0. The summed E-state index contributed by atoms with van der Waals surface area (Å²) in [4.78, 5) is 25.1. The molecule has 1 unspecified atom stereocenters. The van der Waals surface area contributed by atoms with Gasteiger partial charge < -0.3 is 19.1 Å². The van der Waals surface area contributed by atoms with Gasteiger partial charge in [-0.05, 0) is 12.1 Å². The van der Waals surface area contributed by atoms with E-state index in [1.54, 1.807) is 0 Å². The molecule has 1 aliphatic heterocycles. The maximum Gasteiger partial charge on any atom is 0.573 e. The van der Waals surface area contributed by atoms with Crippen LogP contribution in [0.25, 0.3) is 0 Å². The first-order valence-electron chi connectivity index (χ1n) is 6.65. The van der Waals surface area contributed by atoms with Crippen molar-refractivity contribution in [3.8, 4) is 5.75 Å². The van der Waals surface area contributed by atoms with Crippen molar-refractivity contribution in [3.05, 3.63) is 29.8 Å². The van der Waals surface area contributed by atoms with E-state index < -0.39 is 30.1 Å². The molecule has 2 rings (SSSR count).